The van der Waals surface area contributed by atoms with Gasteiger partial charge in [0.2, 0.25) is 5.91 Å². The average molecular weight is 244 g/mol. The van der Waals surface area contributed by atoms with Crippen LogP contribution in [0.4, 0.5) is 0 Å². The molecule has 0 saturated carbocycles. The largest absolute Gasteiger partial charge is 0.366 e. The maximum absolute atomic E-state index is 11.1. The first kappa shape index (κ1) is 12.3. The van der Waals surface area contributed by atoms with E-state index in [4.69, 9.17) is 11.5 Å². The van der Waals surface area contributed by atoms with E-state index >= 15 is 0 Å². The van der Waals surface area contributed by atoms with Gasteiger partial charge in [0.1, 0.15) is 0 Å². The summed E-state index contributed by atoms with van der Waals surface area (Å²) >= 11 is 0. The molecule has 1 heterocycles. The molecule has 0 bridgehead atoms. The molecule has 0 fully saturated rings. The zero-order valence-electron chi connectivity index (χ0n) is 10.3. The number of amides is 1. The van der Waals surface area contributed by atoms with Crippen molar-refractivity contribution in [1.82, 2.24) is 9.78 Å². The number of nitrogens with two attached hydrogens (primary N) is 2. The standard InChI is InChI=1S/C13H16N4O/c1-9-4-11(13(15)18)2-3-12(9)8-17-7-10(5-14)6-16-17/h2-4,6-7H,5,8,14H2,1H3,(H2,15,18). The van der Waals surface area contributed by atoms with E-state index in [2.05, 4.69) is 5.10 Å². The summed E-state index contributed by atoms with van der Waals surface area (Å²) in [6.45, 7) is 3.10. The molecule has 5 heteroatoms. The molecular formula is C13H16N4O. The van der Waals surface area contributed by atoms with E-state index in [1.54, 1.807) is 18.3 Å². The van der Waals surface area contributed by atoms with Gasteiger partial charge in [0.15, 0.2) is 0 Å². The number of nitrogens with zero attached hydrogens (tertiary/aromatic N) is 2. The molecule has 0 unspecified atom stereocenters. The van der Waals surface area contributed by atoms with Crippen LogP contribution in [-0.4, -0.2) is 15.7 Å². The van der Waals surface area contributed by atoms with Crippen LogP contribution in [0, 0.1) is 6.92 Å². The topological polar surface area (TPSA) is 86.9 Å². The van der Waals surface area contributed by atoms with Gasteiger partial charge in [-0.1, -0.05) is 6.07 Å². The Balaban J connectivity index is 2.21. The molecule has 0 atom stereocenters. The lowest BCUT2D eigenvalue weighted by atomic mass is 10.0. The number of carbonyl (C=O) groups excluding carboxylic acids is 1. The smallest absolute Gasteiger partial charge is 0.248 e. The number of rotatable bonds is 4. The molecule has 0 aliphatic heterocycles. The molecule has 0 saturated heterocycles. The maximum atomic E-state index is 11.1. The molecule has 1 aromatic heterocycles. The van der Waals surface area contributed by atoms with Gasteiger partial charge in [-0.2, -0.15) is 5.10 Å². The Hall–Kier alpha value is -2.14. The van der Waals surface area contributed by atoms with Crippen LogP contribution in [0.3, 0.4) is 0 Å². The van der Waals surface area contributed by atoms with Gasteiger partial charge in [-0.3, -0.25) is 9.48 Å². The van der Waals surface area contributed by atoms with E-state index in [1.807, 2.05) is 23.9 Å². The minimum atomic E-state index is -0.408. The summed E-state index contributed by atoms with van der Waals surface area (Å²) in [5, 5.41) is 4.23. The summed E-state index contributed by atoms with van der Waals surface area (Å²) in [6.07, 6.45) is 3.68. The number of primary amides is 1. The van der Waals surface area contributed by atoms with E-state index < -0.39 is 5.91 Å². The lowest BCUT2D eigenvalue weighted by molar-refractivity contribution is 0.1000. The van der Waals surface area contributed by atoms with Gasteiger partial charge in [-0.25, -0.2) is 0 Å². The Bertz CT molecular complexity index is 574. The molecule has 4 N–H and O–H groups in total. The summed E-state index contributed by atoms with van der Waals surface area (Å²) in [5.41, 5.74) is 14.4. The summed E-state index contributed by atoms with van der Waals surface area (Å²) in [5.74, 6) is -0.408. The second kappa shape index (κ2) is 5.01. The Morgan fingerprint density at radius 3 is 2.78 bits per heavy atom. The zero-order chi connectivity index (χ0) is 13.1. The van der Waals surface area contributed by atoms with Crippen molar-refractivity contribution < 1.29 is 4.79 Å². The minimum Gasteiger partial charge on any atom is -0.366 e. The molecule has 1 aromatic carbocycles. The molecular weight excluding hydrogens is 228 g/mol. The Morgan fingerprint density at radius 2 is 2.22 bits per heavy atom. The molecule has 1 amide bonds. The number of aryl methyl sites for hydroxylation is 1. The first-order valence-corrected chi connectivity index (χ1v) is 5.71. The van der Waals surface area contributed by atoms with Crippen LogP contribution in [0.25, 0.3) is 0 Å². The third-order valence-electron chi connectivity index (χ3n) is 2.88. The molecule has 0 aliphatic rings. The van der Waals surface area contributed by atoms with Gasteiger partial charge < -0.3 is 11.5 Å². The summed E-state index contributed by atoms with van der Waals surface area (Å²) < 4.78 is 1.83. The van der Waals surface area contributed by atoms with Crippen molar-refractivity contribution in [3.05, 3.63) is 52.8 Å². The molecule has 0 spiro atoms. The van der Waals surface area contributed by atoms with Crippen molar-refractivity contribution in [1.29, 1.82) is 0 Å². The van der Waals surface area contributed by atoms with Crippen LogP contribution < -0.4 is 11.5 Å². The van der Waals surface area contributed by atoms with E-state index in [0.29, 0.717) is 18.7 Å². The van der Waals surface area contributed by atoms with Crippen LogP contribution in [-0.2, 0) is 13.1 Å². The van der Waals surface area contributed by atoms with Gasteiger partial charge >= 0.3 is 0 Å². The third kappa shape index (κ3) is 2.57. The first-order chi connectivity index (χ1) is 8.60. The van der Waals surface area contributed by atoms with Gasteiger partial charge in [-0.05, 0) is 30.2 Å². The van der Waals surface area contributed by atoms with Gasteiger partial charge in [0, 0.05) is 23.9 Å². The highest BCUT2D eigenvalue weighted by atomic mass is 16.1. The van der Waals surface area contributed by atoms with Crippen molar-refractivity contribution >= 4 is 5.91 Å². The van der Waals surface area contributed by atoms with Crippen LogP contribution in [0.5, 0.6) is 0 Å². The van der Waals surface area contributed by atoms with Crippen molar-refractivity contribution in [3.8, 4) is 0 Å². The maximum Gasteiger partial charge on any atom is 0.248 e. The quantitative estimate of drug-likeness (QED) is 0.833. The predicted octanol–water partition coefficient (Wildman–Crippen LogP) is 0.797. The number of hydrogen-bond donors (Lipinski definition) is 2. The Morgan fingerprint density at radius 1 is 1.44 bits per heavy atom. The molecule has 0 radical (unpaired) electrons. The SMILES string of the molecule is Cc1cc(C(N)=O)ccc1Cn1cc(CN)cn1. The van der Waals surface area contributed by atoms with Crippen LogP contribution >= 0.6 is 0 Å². The van der Waals surface area contributed by atoms with Crippen LogP contribution in [0.1, 0.15) is 27.0 Å². The molecule has 2 rings (SSSR count). The van der Waals surface area contributed by atoms with Crippen LogP contribution in [0.2, 0.25) is 0 Å². The lowest BCUT2D eigenvalue weighted by Gasteiger charge is -2.07. The number of aromatic nitrogens is 2. The molecule has 18 heavy (non-hydrogen) atoms. The van der Waals surface area contributed by atoms with E-state index in [1.165, 1.54) is 0 Å². The molecule has 94 valence electrons. The number of hydrogen-bond acceptors (Lipinski definition) is 3. The predicted molar refractivity (Wildman–Crippen MR) is 68.9 cm³/mol. The van der Waals surface area contributed by atoms with E-state index in [9.17, 15) is 4.79 Å². The van der Waals surface area contributed by atoms with Crippen molar-refractivity contribution in [3.63, 3.8) is 0 Å². The van der Waals surface area contributed by atoms with E-state index in [-0.39, 0.29) is 0 Å². The fourth-order valence-electron chi connectivity index (χ4n) is 1.80. The van der Waals surface area contributed by atoms with Crippen molar-refractivity contribution in [2.45, 2.75) is 20.0 Å². The van der Waals surface area contributed by atoms with Gasteiger partial charge in [0.25, 0.3) is 0 Å². The molecule has 2 aromatic rings. The fraction of sp³-hybridized carbons (Fsp3) is 0.231. The van der Waals surface area contributed by atoms with Crippen molar-refractivity contribution in [2.24, 2.45) is 11.5 Å². The van der Waals surface area contributed by atoms with Gasteiger partial charge in [-0.15, -0.1) is 0 Å². The molecule has 0 aliphatic carbocycles. The lowest BCUT2D eigenvalue weighted by Crippen LogP contribution is -2.11. The Kier molecular flexibility index (Phi) is 3.43. The van der Waals surface area contributed by atoms with Crippen LogP contribution in [0.15, 0.2) is 30.6 Å². The fourth-order valence-corrected chi connectivity index (χ4v) is 1.80. The molecule has 5 nitrogen and oxygen atoms in total. The number of benzene rings is 1. The monoisotopic (exact) mass is 244 g/mol. The second-order valence-electron chi connectivity index (χ2n) is 4.26. The summed E-state index contributed by atoms with van der Waals surface area (Å²) in [6, 6.07) is 5.43. The second-order valence-corrected chi connectivity index (χ2v) is 4.26. The van der Waals surface area contributed by atoms with E-state index in [0.717, 1.165) is 16.7 Å². The highest BCUT2D eigenvalue weighted by molar-refractivity contribution is 5.93. The highest BCUT2D eigenvalue weighted by Gasteiger charge is 2.05. The Labute approximate surface area is 105 Å². The van der Waals surface area contributed by atoms with Crippen molar-refractivity contribution in [2.75, 3.05) is 0 Å². The first-order valence-electron chi connectivity index (χ1n) is 5.71. The average Bonchev–Trinajstić information content (AvgIpc) is 2.79. The summed E-state index contributed by atoms with van der Waals surface area (Å²) in [4.78, 5) is 11.1. The normalized spacial score (nSPS) is 10.6. The third-order valence-corrected chi connectivity index (χ3v) is 2.88. The van der Waals surface area contributed by atoms with Gasteiger partial charge in [0.05, 0.1) is 12.7 Å². The minimum absolute atomic E-state index is 0.408. The summed E-state index contributed by atoms with van der Waals surface area (Å²) in [7, 11) is 0. The zero-order valence-corrected chi connectivity index (χ0v) is 10.3. The number of carbonyl (C=O) groups is 1. The highest BCUT2D eigenvalue weighted by Crippen LogP contribution is 2.12.